The van der Waals surface area contributed by atoms with Crippen molar-refractivity contribution in [2.75, 3.05) is 5.73 Å². The molecule has 7 heteroatoms. The molecule has 0 radical (unpaired) electrons. The van der Waals surface area contributed by atoms with Gasteiger partial charge in [0.2, 0.25) is 0 Å². The van der Waals surface area contributed by atoms with Gasteiger partial charge in [-0.2, -0.15) is 13.2 Å². The van der Waals surface area contributed by atoms with Crippen LogP contribution in [0.2, 0.25) is 0 Å². The smallest absolute Gasteiger partial charge is 0.383 e. The summed E-state index contributed by atoms with van der Waals surface area (Å²) in [6.45, 7) is 2.07. The number of imidazole rings is 1. The second-order valence-electron chi connectivity index (χ2n) is 4.26. The Bertz CT molecular complexity index is 681. The van der Waals surface area contributed by atoms with E-state index in [2.05, 4.69) is 10.9 Å². The quantitative estimate of drug-likeness (QED) is 0.694. The van der Waals surface area contributed by atoms with Gasteiger partial charge in [-0.1, -0.05) is 18.1 Å². The Morgan fingerprint density at radius 2 is 1.95 bits per heavy atom. The van der Waals surface area contributed by atoms with Gasteiger partial charge in [-0.05, 0) is 30.8 Å². The van der Waals surface area contributed by atoms with Crippen molar-refractivity contribution in [3.8, 4) is 23.6 Å². The summed E-state index contributed by atoms with van der Waals surface area (Å²) in [6, 6.07) is 5.91. The second kappa shape index (κ2) is 5.74. The van der Waals surface area contributed by atoms with Gasteiger partial charge in [0, 0.05) is 10.5 Å². The summed E-state index contributed by atoms with van der Waals surface area (Å²) in [5.74, 6) is 3.55. The largest absolute Gasteiger partial charge is 0.446 e. The number of anilines is 1. The number of halogens is 3. The Labute approximate surface area is 124 Å². The highest BCUT2D eigenvalue weighted by molar-refractivity contribution is 8.00. The Morgan fingerprint density at radius 3 is 2.48 bits per heavy atom. The Kier molecular flexibility index (Phi) is 4.19. The number of nitrogens with zero attached hydrogens (tertiary/aromatic N) is 2. The van der Waals surface area contributed by atoms with E-state index >= 15 is 0 Å². The molecule has 110 valence electrons. The van der Waals surface area contributed by atoms with E-state index in [1.807, 2.05) is 0 Å². The van der Waals surface area contributed by atoms with E-state index < -0.39 is 5.51 Å². The SMILES string of the molecule is C#CCn1c(C)nc(-c2ccc(SC(F)(F)F)cc2)c1N. The first-order chi connectivity index (χ1) is 9.81. The van der Waals surface area contributed by atoms with Crippen molar-refractivity contribution >= 4 is 17.6 Å². The summed E-state index contributed by atoms with van der Waals surface area (Å²) in [4.78, 5) is 4.43. The van der Waals surface area contributed by atoms with Gasteiger partial charge in [0.25, 0.3) is 0 Å². The maximum Gasteiger partial charge on any atom is 0.446 e. The van der Waals surface area contributed by atoms with Gasteiger partial charge in [-0.25, -0.2) is 4.98 Å². The van der Waals surface area contributed by atoms with Crippen LogP contribution in [0.4, 0.5) is 19.0 Å². The zero-order valence-electron chi connectivity index (χ0n) is 11.1. The van der Waals surface area contributed by atoms with Crippen LogP contribution in [0, 0.1) is 19.3 Å². The van der Waals surface area contributed by atoms with Crippen LogP contribution in [-0.2, 0) is 6.54 Å². The summed E-state index contributed by atoms with van der Waals surface area (Å²) in [6.07, 6.45) is 5.26. The van der Waals surface area contributed by atoms with Crippen LogP contribution in [0.25, 0.3) is 11.3 Å². The van der Waals surface area contributed by atoms with E-state index in [0.29, 0.717) is 29.4 Å². The summed E-state index contributed by atoms with van der Waals surface area (Å²) < 4.78 is 38.5. The summed E-state index contributed by atoms with van der Waals surface area (Å²) in [5, 5.41) is 0. The minimum absolute atomic E-state index is 0.115. The van der Waals surface area contributed by atoms with Crippen LogP contribution in [0.1, 0.15) is 5.82 Å². The third-order valence-electron chi connectivity index (χ3n) is 2.81. The van der Waals surface area contributed by atoms with Gasteiger partial charge >= 0.3 is 5.51 Å². The molecular weight excluding hydrogens is 299 g/mol. The molecule has 2 rings (SSSR count). The molecule has 0 aliphatic rings. The van der Waals surface area contributed by atoms with E-state index in [-0.39, 0.29) is 16.7 Å². The van der Waals surface area contributed by atoms with E-state index in [1.54, 1.807) is 23.6 Å². The maximum absolute atomic E-state index is 12.3. The average molecular weight is 311 g/mol. The number of hydrogen-bond donors (Lipinski definition) is 1. The van der Waals surface area contributed by atoms with E-state index in [1.165, 1.54) is 12.1 Å². The first kappa shape index (κ1) is 15.3. The van der Waals surface area contributed by atoms with Crippen LogP contribution in [0.5, 0.6) is 0 Å². The number of alkyl halides is 3. The highest BCUT2D eigenvalue weighted by atomic mass is 32.2. The minimum Gasteiger partial charge on any atom is -0.383 e. The lowest BCUT2D eigenvalue weighted by Crippen LogP contribution is -2.03. The molecule has 21 heavy (non-hydrogen) atoms. The summed E-state index contributed by atoms with van der Waals surface area (Å²) >= 11 is -0.158. The number of hydrogen-bond acceptors (Lipinski definition) is 3. The summed E-state index contributed by atoms with van der Waals surface area (Å²) in [5.41, 5.74) is 2.85. The number of aromatic nitrogens is 2. The topological polar surface area (TPSA) is 43.8 Å². The lowest BCUT2D eigenvalue weighted by Gasteiger charge is -2.06. The van der Waals surface area contributed by atoms with Gasteiger partial charge in [-0.15, -0.1) is 6.42 Å². The highest BCUT2D eigenvalue weighted by Crippen LogP contribution is 2.37. The third kappa shape index (κ3) is 3.52. The molecule has 0 fully saturated rings. The van der Waals surface area contributed by atoms with Crippen molar-refractivity contribution in [2.45, 2.75) is 23.9 Å². The first-order valence-corrected chi connectivity index (χ1v) is 6.75. The molecular formula is C14H12F3N3S. The van der Waals surface area contributed by atoms with E-state index in [4.69, 9.17) is 12.2 Å². The Morgan fingerprint density at radius 1 is 1.33 bits per heavy atom. The maximum atomic E-state index is 12.3. The van der Waals surface area contributed by atoms with Crippen LogP contribution in [0.15, 0.2) is 29.2 Å². The molecule has 3 nitrogen and oxygen atoms in total. The van der Waals surface area contributed by atoms with E-state index in [0.717, 1.165) is 0 Å². The van der Waals surface area contributed by atoms with Crippen LogP contribution < -0.4 is 5.73 Å². The van der Waals surface area contributed by atoms with Crippen LogP contribution in [0.3, 0.4) is 0 Å². The fourth-order valence-corrected chi connectivity index (χ4v) is 2.44. The molecule has 0 saturated carbocycles. The van der Waals surface area contributed by atoms with E-state index in [9.17, 15) is 13.2 Å². The van der Waals surface area contributed by atoms with Crippen molar-refractivity contribution in [1.29, 1.82) is 0 Å². The molecule has 2 N–H and O–H groups in total. The minimum atomic E-state index is -4.30. The lowest BCUT2D eigenvalue weighted by atomic mass is 10.1. The van der Waals surface area contributed by atoms with Gasteiger partial charge in [0.05, 0.1) is 6.54 Å². The monoisotopic (exact) mass is 311 g/mol. The van der Waals surface area contributed by atoms with Crippen LogP contribution in [-0.4, -0.2) is 15.1 Å². The van der Waals surface area contributed by atoms with Gasteiger partial charge < -0.3 is 10.3 Å². The summed E-state index contributed by atoms with van der Waals surface area (Å²) in [7, 11) is 0. The molecule has 0 unspecified atom stereocenters. The molecule has 2 aromatic rings. The second-order valence-corrected chi connectivity index (χ2v) is 5.39. The predicted molar refractivity (Wildman–Crippen MR) is 77.6 cm³/mol. The number of benzene rings is 1. The zero-order chi connectivity index (χ0) is 15.6. The van der Waals surface area contributed by atoms with Crippen molar-refractivity contribution in [1.82, 2.24) is 9.55 Å². The molecule has 0 bridgehead atoms. The third-order valence-corrected chi connectivity index (χ3v) is 3.55. The van der Waals surface area contributed by atoms with Crippen LogP contribution >= 0.6 is 11.8 Å². The standard InChI is InChI=1S/C14H12F3N3S/c1-3-8-20-9(2)19-12(13(20)18)10-4-6-11(7-5-10)21-14(15,16)17/h1,4-7H,8,18H2,2H3. The number of aryl methyl sites for hydroxylation is 1. The van der Waals surface area contributed by atoms with Crippen molar-refractivity contribution < 1.29 is 13.2 Å². The van der Waals surface area contributed by atoms with Gasteiger partial charge in [-0.3, -0.25) is 0 Å². The number of rotatable bonds is 3. The van der Waals surface area contributed by atoms with Crippen molar-refractivity contribution in [2.24, 2.45) is 0 Å². The fourth-order valence-electron chi connectivity index (χ4n) is 1.90. The normalized spacial score (nSPS) is 11.4. The molecule has 1 heterocycles. The lowest BCUT2D eigenvalue weighted by molar-refractivity contribution is -0.0328. The van der Waals surface area contributed by atoms with Gasteiger partial charge in [0.15, 0.2) is 0 Å². The molecule has 0 aliphatic heterocycles. The Hall–Kier alpha value is -2.07. The Balaban J connectivity index is 2.32. The average Bonchev–Trinajstić information content (AvgIpc) is 2.66. The number of nitrogens with two attached hydrogens (primary N) is 1. The van der Waals surface area contributed by atoms with Crippen molar-refractivity contribution in [3.05, 3.63) is 30.1 Å². The molecule has 0 aliphatic carbocycles. The van der Waals surface area contributed by atoms with Gasteiger partial charge in [0.1, 0.15) is 17.3 Å². The first-order valence-electron chi connectivity index (χ1n) is 5.94. The molecule has 0 amide bonds. The molecule has 1 aromatic carbocycles. The highest BCUT2D eigenvalue weighted by Gasteiger charge is 2.29. The zero-order valence-corrected chi connectivity index (χ0v) is 11.9. The molecule has 0 saturated heterocycles. The fraction of sp³-hybridized carbons (Fsp3) is 0.214. The molecule has 0 atom stereocenters. The number of terminal acetylenes is 1. The molecule has 1 aromatic heterocycles. The predicted octanol–water partition coefficient (Wildman–Crippen LogP) is 3.69. The number of nitrogen functional groups attached to an aromatic ring is 1. The number of thioether (sulfide) groups is 1. The molecule has 0 spiro atoms. The van der Waals surface area contributed by atoms with Crippen molar-refractivity contribution in [3.63, 3.8) is 0 Å².